The van der Waals surface area contributed by atoms with E-state index < -0.39 is 10.0 Å². The molecule has 0 saturated heterocycles. The molecule has 6 nitrogen and oxygen atoms in total. The van der Waals surface area contributed by atoms with Crippen LogP contribution in [0.4, 0.5) is 5.69 Å². The zero-order valence-corrected chi connectivity index (χ0v) is 12.1. The molecule has 0 fully saturated rings. The molecule has 1 N–H and O–H groups in total. The maximum absolute atomic E-state index is 12.7. The average molecular weight is 300 g/mol. The summed E-state index contributed by atoms with van der Waals surface area (Å²) in [4.78, 5) is 0.0423. The summed E-state index contributed by atoms with van der Waals surface area (Å²) in [6.45, 7) is 1.64. The van der Waals surface area contributed by atoms with E-state index >= 15 is 0 Å². The zero-order valence-electron chi connectivity index (χ0n) is 11.2. The molecule has 21 heavy (non-hydrogen) atoms. The Balaban J connectivity index is 2.51. The minimum absolute atomic E-state index is 0.00908. The fourth-order valence-corrected chi connectivity index (χ4v) is 3.09. The first-order valence-corrected chi connectivity index (χ1v) is 7.45. The number of rotatable bonds is 4. The molecule has 1 aromatic carbocycles. The third kappa shape index (κ3) is 3.04. The van der Waals surface area contributed by atoms with E-state index in [9.17, 15) is 8.42 Å². The largest absolute Gasteiger partial charge is 0.284 e. The normalized spacial score (nSPS) is 10.3. The summed E-state index contributed by atoms with van der Waals surface area (Å²) >= 11 is 0. The molecule has 0 aliphatic heterocycles. The van der Waals surface area contributed by atoms with Crippen molar-refractivity contribution < 1.29 is 8.42 Å². The van der Waals surface area contributed by atoms with Gasteiger partial charge in [-0.2, -0.15) is 10.4 Å². The number of nitrogens with zero attached hydrogens (tertiary/aromatic N) is 3. The van der Waals surface area contributed by atoms with Gasteiger partial charge in [0.25, 0.3) is 10.0 Å². The van der Waals surface area contributed by atoms with E-state index in [4.69, 9.17) is 5.26 Å². The van der Waals surface area contributed by atoms with E-state index in [0.717, 1.165) is 4.31 Å². The first-order chi connectivity index (χ1) is 10.1. The Labute approximate surface area is 123 Å². The van der Waals surface area contributed by atoms with Gasteiger partial charge in [0.2, 0.25) is 0 Å². The molecular formula is C14H12N4O2S. The Morgan fingerprint density at radius 3 is 2.86 bits per heavy atom. The lowest BCUT2D eigenvalue weighted by molar-refractivity contribution is 0.593. The molecule has 0 saturated carbocycles. The Bertz CT molecular complexity index is 824. The van der Waals surface area contributed by atoms with E-state index in [1.54, 1.807) is 13.0 Å². The van der Waals surface area contributed by atoms with Gasteiger partial charge in [0.15, 0.2) is 0 Å². The molecule has 0 aliphatic carbocycles. The smallest absolute Gasteiger partial charge is 0.265 e. The molecule has 7 heteroatoms. The summed E-state index contributed by atoms with van der Waals surface area (Å²) in [7, 11) is -3.81. The maximum atomic E-state index is 12.7. The van der Waals surface area contributed by atoms with Crippen LogP contribution >= 0.6 is 0 Å². The number of nitriles is 1. The molecule has 106 valence electrons. The molecule has 0 aliphatic rings. The topological polar surface area (TPSA) is 89.8 Å². The van der Waals surface area contributed by atoms with Gasteiger partial charge in [0.05, 0.1) is 35.0 Å². The van der Waals surface area contributed by atoms with Crippen molar-refractivity contribution in [3.63, 3.8) is 0 Å². The van der Waals surface area contributed by atoms with Crippen LogP contribution in [0.3, 0.4) is 0 Å². The number of aromatic nitrogens is 2. The van der Waals surface area contributed by atoms with Gasteiger partial charge in [0.1, 0.15) is 0 Å². The molecule has 0 atom stereocenters. The number of anilines is 1. The highest BCUT2D eigenvalue weighted by Crippen LogP contribution is 2.22. The van der Waals surface area contributed by atoms with E-state index in [2.05, 4.69) is 22.0 Å². The summed E-state index contributed by atoms with van der Waals surface area (Å²) in [5, 5.41) is 15.2. The van der Waals surface area contributed by atoms with Gasteiger partial charge in [-0.05, 0) is 25.1 Å². The molecule has 0 amide bonds. The fourth-order valence-electron chi connectivity index (χ4n) is 1.70. The minimum Gasteiger partial charge on any atom is -0.284 e. The molecular weight excluding hydrogens is 288 g/mol. The highest BCUT2D eigenvalue weighted by atomic mass is 32.2. The molecule has 2 rings (SSSR count). The van der Waals surface area contributed by atoms with Crippen molar-refractivity contribution in [2.75, 3.05) is 10.8 Å². The van der Waals surface area contributed by atoms with E-state index in [1.807, 2.05) is 6.07 Å². The van der Waals surface area contributed by atoms with Crippen molar-refractivity contribution in [2.24, 2.45) is 0 Å². The van der Waals surface area contributed by atoms with Gasteiger partial charge >= 0.3 is 0 Å². The Hall–Kier alpha value is -2.77. The van der Waals surface area contributed by atoms with Crippen LogP contribution in [0.15, 0.2) is 41.6 Å². The summed E-state index contributed by atoms with van der Waals surface area (Å²) in [6, 6.07) is 7.79. The number of benzene rings is 1. The lowest BCUT2D eigenvalue weighted by atomic mass is 10.2. The highest BCUT2D eigenvalue weighted by Gasteiger charge is 2.25. The molecule has 1 heterocycles. The summed E-state index contributed by atoms with van der Waals surface area (Å²) < 4.78 is 26.6. The molecule has 0 unspecified atom stereocenters. The number of aromatic amines is 1. The second-order valence-electron chi connectivity index (χ2n) is 4.03. The van der Waals surface area contributed by atoms with Crippen LogP contribution in [0.5, 0.6) is 0 Å². The Morgan fingerprint density at radius 1 is 1.43 bits per heavy atom. The van der Waals surface area contributed by atoms with Crippen molar-refractivity contribution in [1.29, 1.82) is 5.26 Å². The monoisotopic (exact) mass is 300 g/mol. The standard InChI is InChI=1S/C14H12N4O2S/c1-2-3-7-18(13-10-16-17-11-13)21(19,20)14-6-4-5-12(8-14)9-15/h4-6,8,10-11H,7H2,1H3,(H,16,17). The van der Waals surface area contributed by atoms with Gasteiger partial charge in [-0.15, -0.1) is 5.92 Å². The van der Waals surface area contributed by atoms with Crippen LogP contribution in [-0.4, -0.2) is 25.2 Å². The van der Waals surface area contributed by atoms with Crippen LogP contribution < -0.4 is 4.31 Å². The lowest BCUT2D eigenvalue weighted by Crippen LogP contribution is -2.31. The van der Waals surface area contributed by atoms with Gasteiger partial charge in [0, 0.05) is 6.20 Å². The van der Waals surface area contributed by atoms with Crippen LogP contribution in [0, 0.1) is 23.2 Å². The first kappa shape index (κ1) is 14.6. The number of nitrogens with one attached hydrogen (secondary N) is 1. The molecule has 1 aromatic heterocycles. The first-order valence-electron chi connectivity index (χ1n) is 6.01. The van der Waals surface area contributed by atoms with Crippen molar-refractivity contribution in [2.45, 2.75) is 11.8 Å². The van der Waals surface area contributed by atoms with Crippen molar-refractivity contribution in [3.8, 4) is 17.9 Å². The van der Waals surface area contributed by atoms with E-state index in [0.29, 0.717) is 5.69 Å². The molecule has 0 spiro atoms. The number of hydrogen-bond donors (Lipinski definition) is 1. The van der Waals surface area contributed by atoms with Gasteiger partial charge in [-0.3, -0.25) is 9.40 Å². The zero-order chi connectivity index (χ0) is 15.3. The summed E-state index contributed by atoms with van der Waals surface area (Å²) in [5.74, 6) is 5.40. The van der Waals surface area contributed by atoms with Crippen molar-refractivity contribution in [1.82, 2.24) is 10.2 Å². The summed E-state index contributed by atoms with van der Waals surface area (Å²) in [5.41, 5.74) is 0.671. The van der Waals surface area contributed by atoms with E-state index in [-0.39, 0.29) is 17.0 Å². The van der Waals surface area contributed by atoms with Gasteiger partial charge < -0.3 is 0 Å². The fraction of sp³-hybridized carbons (Fsp3) is 0.143. The highest BCUT2D eigenvalue weighted by molar-refractivity contribution is 7.92. The SMILES string of the molecule is CC#CCN(c1cn[nH]c1)S(=O)(=O)c1cccc(C#N)c1. The predicted octanol–water partition coefficient (Wildman–Crippen LogP) is 1.50. The third-order valence-corrected chi connectivity index (χ3v) is 4.49. The van der Waals surface area contributed by atoms with E-state index in [1.165, 1.54) is 30.6 Å². The van der Waals surface area contributed by atoms with Crippen LogP contribution in [-0.2, 0) is 10.0 Å². The van der Waals surface area contributed by atoms with Crippen molar-refractivity contribution in [3.05, 3.63) is 42.2 Å². The summed E-state index contributed by atoms with van der Waals surface area (Å²) in [6.07, 6.45) is 2.88. The predicted molar refractivity (Wildman–Crippen MR) is 77.7 cm³/mol. The second kappa shape index (κ2) is 6.12. The van der Waals surface area contributed by atoms with Crippen molar-refractivity contribution >= 4 is 15.7 Å². The van der Waals surface area contributed by atoms with Crippen LogP contribution in [0.25, 0.3) is 0 Å². The third-order valence-electron chi connectivity index (χ3n) is 2.72. The van der Waals surface area contributed by atoms with Gasteiger partial charge in [-0.25, -0.2) is 8.42 Å². The number of sulfonamides is 1. The Kier molecular flexibility index (Phi) is 4.27. The lowest BCUT2D eigenvalue weighted by Gasteiger charge is -2.20. The second-order valence-corrected chi connectivity index (χ2v) is 5.90. The van der Waals surface area contributed by atoms with Crippen LogP contribution in [0.1, 0.15) is 12.5 Å². The molecule has 0 radical (unpaired) electrons. The Morgan fingerprint density at radius 2 is 2.24 bits per heavy atom. The van der Waals surface area contributed by atoms with Gasteiger partial charge in [-0.1, -0.05) is 12.0 Å². The number of hydrogen-bond acceptors (Lipinski definition) is 4. The minimum atomic E-state index is -3.81. The van der Waals surface area contributed by atoms with Crippen LogP contribution in [0.2, 0.25) is 0 Å². The molecule has 2 aromatic rings. The average Bonchev–Trinajstić information content (AvgIpc) is 3.01. The quantitative estimate of drug-likeness (QED) is 0.866. The molecule has 0 bridgehead atoms. The maximum Gasteiger partial charge on any atom is 0.265 e. The number of H-pyrrole nitrogens is 1.